The lowest BCUT2D eigenvalue weighted by Gasteiger charge is -2.27. The van der Waals surface area contributed by atoms with Crippen LogP contribution in [0.3, 0.4) is 0 Å². The number of thiophene rings is 1. The Balaban J connectivity index is 1.76. The first-order chi connectivity index (χ1) is 10.2. The molecule has 1 amide bonds. The number of carbonyl (C=O) groups is 1. The summed E-state index contributed by atoms with van der Waals surface area (Å²) in [6, 6.07) is 0. The second kappa shape index (κ2) is 5.60. The lowest BCUT2D eigenvalue weighted by Crippen LogP contribution is -2.35. The molecule has 5 nitrogen and oxygen atoms in total. The van der Waals surface area contributed by atoms with Crippen molar-refractivity contribution in [2.45, 2.75) is 39.0 Å². The third-order valence-electron chi connectivity index (χ3n) is 4.61. The fraction of sp³-hybridized carbons (Fsp3) is 0.533. The molecule has 0 saturated heterocycles. The van der Waals surface area contributed by atoms with Gasteiger partial charge in [0.25, 0.3) is 5.91 Å². The molecule has 0 bridgehead atoms. The van der Waals surface area contributed by atoms with Crippen molar-refractivity contribution in [1.29, 1.82) is 0 Å². The molecule has 1 fully saturated rings. The first-order valence-electron chi connectivity index (χ1n) is 7.42. The summed E-state index contributed by atoms with van der Waals surface area (Å²) in [7, 11) is 0. The van der Waals surface area contributed by atoms with Gasteiger partial charge in [-0.25, -0.2) is 9.97 Å². The monoisotopic (exact) mass is 304 g/mol. The Labute approximate surface area is 128 Å². The van der Waals surface area contributed by atoms with E-state index < -0.39 is 0 Å². The highest BCUT2D eigenvalue weighted by atomic mass is 32.1. The summed E-state index contributed by atoms with van der Waals surface area (Å²) in [5.41, 5.74) is 7.38. The fourth-order valence-electron chi connectivity index (χ4n) is 3.14. The number of hydrogen-bond acceptors (Lipinski definition) is 5. The molecule has 3 rings (SSSR count). The normalized spacial score (nSPS) is 17.2. The second-order valence-electron chi connectivity index (χ2n) is 5.80. The van der Waals surface area contributed by atoms with Crippen molar-refractivity contribution in [2.24, 2.45) is 5.41 Å². The van der Waals surface area contributed by atoms with E-state index in [1.807, 2.05) is 0 Å². The van der Waals surface area contributed by atoms with Crippen LogP contribution in [0.1, 0.15) is 48.7 Å². The van der Waals surface area contributed by atoms with Crippen molar-refractivity contribution in [1.82, 2.24) is 15.3 Å². The molecule has 112 valence electrons. The number of carbonyl (C=O) groups excluding carboxylic acids is 1. The van der Waals surface area contributed by atoms with Crippen molar-refractivity contribution >= 4 is 33.3 Å². The van der Waals surface area contributed by atoms with E-state index in [2.05, 4.69) is 22.2 Å². The van der Waals surface area contributed by atoms with E-state index in [-0.39, 0.29) is 11.3 Å². The first kappa shape index (κ1) is 14.3. The van der Waals surface area contributed by atoms with E-state index in [1.165, 1.54) is 37.0 Å². The zero-order chi connectivity index (χ0) is 14.9. The number of nitrogen functional groups attached to an aromatic ring is 1. The number of aromatic nitrogens is 2. The number of rotatable bonds is 4. The van der Waals surface area contributed by atoms with Crippen LogP contribution in [0.5, 0.6) is 0 Å². The predicted molar refractivity (Wildman–Crippen MR) is 85.4 cm³/mol. The molecule has 0 unspecified atom stereocenters. The third kappa shape index (κ3) is 2.60. The highest BCUT2D eigenvalue weighted by Crippen LogP contribution is 2.40. The van der Waals surface area contributed by atoms with Gasteiger partial charge in [0.1, 0.15) is 15.2 Å². The lowest BCUT2D eigenvalue weighted by atomic mass is 9.83. The summed E-state index contributed by atoms with van der Waals surface area (Å²) >= 11 is 1.31. The number of amides is 1. The molecular weight excluding hydrogens is 284 g/mol. The molecule has 0 radical (unpaired) electrons. The molecule has 0 aromatic carbocycles. The quantitative estimate of drug-likeness (QED) is 0.910. The molecule has 21 heavy (non-hydrogen) atoms. The molecule has 1 aliphatic rings. The molecule has 2 aromatic rings. The maximum Gasteiger partial charge on any atom is 0.263 e. The summed E-state index contributed by atoms with van der Waals surface area (Å²) in [6.07, 6.45) is 9.26. The van der Waals surface area contributed by atoms with Crippen molar-refractivity contribution in [3.8, 4) is 0 Å². The molecule has 6 heteroatoms. The maximum atomic E-state index is 12.4. The Kier molecular flexibility index (Phi) is 3.80. The minimum atomic E-state index is -0.1000. The Morgan fingerprint density at radius 3 is 2.76 bits per heavy atom. The Morgan fingerprint density at radius 1 is 1.38 bits per heavy atom. The van der Waals surface area contributed by atoms with Gasteiger partial charge in [0.15, 0.2) is 0 Å². The molecule has 0 atom stereocenters. The third-order valence-corrected chi connectivity index (χ3v) is 5.71. The highest BCUT2D eigenvalue weighted by Gasteiger charge is 2.32. The van der Waals surface area contributed by atoms with Gasteiger partial charge >= 0.3 is 0 Å². The largest absolute Gasteiger partial charge is 0.396 e. The van der Waals surface area contributed by atoms with Crippen molar-refractivity contribution in [2.75, 3.05) is 12.3 Å². The maximum absolute atomic E-state index is 12.4. The van der Waals surface area contributed by atoms with Crippen LogP contribution in [-0.4, -0.2) is 22.4 Å². The molecule has 2 aromatic heterocycles. The summed E-state index contributed by atoms with van der Waals surface area (Å²) in [5, 5.41) is 3.07. The summed E-state index contributed by atoms with van der Waals surface area (Å²) < 4.78 is 0. The number of hydrogen-bond donors (Lipinski definition) is 2. The highest BCUT2D eigenvalue weighted by molar-refractivity contribution is 7.21. The van der Waals surface area contributed by atoms with Crippen LogP contribution in [0, 0.1) is 5.41 Å². The van der Waals surface area contributed by atoms with Crippen LogP contribution < -0.4 is 11.1 Å². The van der Waals surface area contributed by atoms with E-state index in [0.717, 1.165) is 13.0 Å². The van der Waals surface area contributed by atoms with Crippen LogP contribution in [-0.2, 0) is 0 Å². The smallest absolute Gasteiger partial charge is 0.263 e. The average Bonchev–Trinajstić information content (AvgIpc) is 3.11. The van der Waals surface area contributed by atoms with Gasteiger partial charge in [0.05, 0.1) is 5.69 Å². The number of anilines is 1. The summed E-state index contributed by atoms with van der Waals surface area (Å²) in [4.78, 5) is 22.1. The molecule has 1 aliphatic carbocycles. The van der Waals surface area contributed by atoms with E-state index in [0.29, 0.717) is 20.9 Å². The van der Waals surface area contributed by atoms with Gasteiger partial charge in [-0.2, -0.15) is 0 Å². The minimum Gasteiger partial charge on any atom is -0.396 e. The van der Waals surface area contributed by atoms with Crippen LogP contribution in [0.4, 0.5) is 5.69 Å². The molecule has 2 heterocycles. The predicted octanol–water partition coefficient (Wildman–Crippen LogP) is 2.97. The van der Waals surface area contributed by atoms with Crippen LogP contribution in [0.25, 0.3) is 10.3 Å². The second-order valence-corrected chi connectivity index (χ2v) is 6.80. The van der Waals surface area contributed by atoms with Crippen molar-refractivity contribution in [3.05, 3.63) is 17.3 Å². The van der Waals surface area contributed by atoms with Crippen LogP contribution >= 0.6 is 11.3 Å². The Bertz CT molecular complexity index is 661. The van der Waals surface area contributed by atoms with E-state index in [9.17, 15) is 4.79 Å². The number of nitrogens with zero attached hydrogens (tertiary/aromatic N) is 2. The first-order valence-corrected chi connectivity index (χ1v) is 8.24. The standard InChI is InChI=1S/C15H20N4OS/c1-2-15(5-3-4-6-15)9-19-13(20)12-10(16)11-14(21-12)18-8-7-17-11/h7-8H,2-6,9,16H2,1H3,(H,19,20). The molecule has 1 saturated carbocycles. The van der Waals surface area contributed by atoms with Crippen molar-refractivity contribution in [3.63, 3.8) is 0 Å². The SMILES string of the molecule is CCC1(CNC(=O)c2sc3nccnc3c2N)CCCC1. The average molecular weight is 304 g/mol. The molecule has 0 spiro atoms. The zero-order valence-corrected chi connectivity index (χ0v) is 13.0. The molecule has 3 N–H and O–H groups in total. The van der Waals surface area contributed by atoms with Gasteiger partial charge in [0, 0.05) is 18.9 Å². The Morgan fingerprint density at radius 2 is 2.10 bits per heavy atom. The number of fused-ring (bicyclic) bond motifs is 1. The topological polar surface area (TPSA) is 80.9 Å². The molecule has 0 aliphatic heterocycles. The summed E-state index contributed by atoms with van der Waals surface area (Å²) in [5.74, 6) is -0.1000. The minimum absolute atomic E-state index is 0.1000. The van der Waals surface area contributed by atoms with Crippen LogP contribution in [0.2, 0.25) is 0 Å². The number of nitrogens with two attached hydrogens (primary N) is 1. The van der Waals surface area contributed by atoms with Crippen molar-refractivity contribution < 1.29 is 4.79 Å². The van der Waals surface area contributed by atoms with E-state index in [4.69, 9.17) is 5.73 Å². The van der Waals surface area contributed by atoms with E-state index >= 15 is 0 Å². The zero-order valence-electron chi connectivity index (χ0n) is 12.2. The fourth-order valence-corrected chi connectivity index (χ4v) is 4.08. The summed E-state index contributed by atoms with van der Waals surface area (Å²) in [6.45, 7) is 2.94. The lowest BCUT2D eigenvalue weighted by molar-refractivity contribution is 0.0933. The van der Waals surface area contributed by atoms with Gasteiger partial charge < -0.3 is 11.1 Å². The van der Waals surface area contributed by atoms with Gasteiger partial charge in [-0.3, -0.25) is 4.79 Å². The molecular formula is C15H20N4OS. The van der Waals surface area contributed by atoms with Gasteiger partial charge in [-0.05, 0) is 24.7 Å². The van der Waals surface area contributed by atoms with Crippen LogP contribution in [0.15, 0.2) is 12.4 Å². The number of nitrogens with one attached hydrogen (secondary N) is 1. The van der Waals surface area contributed by atoms with E-state index in [1.54, 1.807) is 12.4 Å². The Hall–Kier alpha value is -1.69. The van der Waals surface area contributed by atoms with Gasteiger partial charge in [-0.15, -0.1) is 11.3 Å². The van der Waals surface area contributed by atoms with Gasteiger partial charge in [-0.1, -0.05) is 19.8 Å². The van der Waals surface area contributed by atoms with Gasteiger partial charge in [0.2, 0.25) is 0 Å².